The summed E-state index contributed by atoms with van der Waals surface area (Å²) in [7, 11) is 0. The molecule has 1 unspecified atom stereocenters. The number of aromatic nitrogens is 2. The van der Waals surface area contributed by atoms with Crippen molar-refractivity contribution < 1.29 is 13.7 Å². The number of amides is 1. The number of likely N-dealkylation sites (tertiary alicyclic amines) is 1. The second-order valence-electron chi connectivity index (χ2n) is 7.72. The quantitative estimate of drug-likeness (QED) is 0.654. The topological polar surface area (TPSA) is 59.2 Å². The van der Waals surface area contributed by atoms with Gasteiger partial charge < -0.3 is 9.42 Å². The molecule has 0 radical (unpaired) electrons. The van der Waals surface area contributed by atoms with E-state index in [1.807, 2.05) is 36.9 Å². The Balaban J connectivity index is 1.38. The zero-order valence-electron chi connectivity index (χ0n) is 16.7. The number of aryl methyl sites for hydroxylation is 2. The molecule has 3 aromatic rings. The van der Waals surface area contributed by atoms with Crippen molar-refractivity contribution in [3.05, 3.63) is 71.0 Å². The second-order valence-corrected chi connectivity index (χ2v) is 7.72. The fourth-order valence-electron chi connectivity index (χ4n) is 3.99. The third-order valence-corrected chi connectivity index (χ3v) is 5.50. The monoisotopic (exact) mass is 393 g/mol. The minimum atomic E-state index is -0.284. The summed E-state index contributed by atoms with van der Waals surface area (Å²) >= 11 is 0. The summed E-state index contributed by atoms with van der Waals surface area (Å²) in [5.74, 6) is 0.968. The lowest BCUT2D eigenvalue weighted by Gasteiger charge is -2.17. The van der Waals surface area contributed by atoms with Gasteiger partial charge in [-0.3, -0.25) is 9.78 Å². The molecular formula is C23H24FN3O2. The molecule has 150 valence electrons. The predicted octanol–water partition coefficient (Wildman–Crippen LogP) is 4.13. The van der Waals surface area contributed by atoms with Crippen LogP contribution in [-0.4, -0.2) is 34.0 Å². The first-order valence-electron chi connectivity index (χ1n) is 9.91. The van der Waals surface area contributed by atoms with Crippen molar-refractivity contribution in [2.24, 2.45) is 5.92 Å². The van der Waals surface area contributed by atoms with E-state index < -0.39 is 0 Å². The number of nitrogens with zero attached hydrogens (tertiary/aromatic N) is 3. The molecule has 1 aromatic carbocycles. The summed E-state index contributed by atoms with van der Waals surface area (Å²) in [5.41, 5.74) is 4.52. The molecule has 0 spiro atoms. The Labute approximate surface area is 169 Å². The van der Waals surface area contributed by atoms with Gasteiger partial charge in [-0.15, -0.1) is 0 Å². The van der Waals surface area contributed by atoms with Crippen molar-refractivity contribution in [2.75, 3.05) is 13.1 Å². The van der Waals surface area contributed by atoms with Gasteiger partial charge >= 0.3 is 0 Å². The molecule has 0 bridgehead atoms. The number of rotatable bonds is 5. The Morgan fingerprint density at radius 3 is 2.72 bits per heavy atom. The summed E-state index contributed by atoms with van der Waals surface area (Å²) in [4.78, 5) is 19.3. The maximum Gasteiger partial charge on any atom is 0.226 e. The maximum absolute atomic E-state index is 13.0. The molecule has 29 heavy (non-hydrogen) atoms. The van der Waals surface area contributed by atoms with Crippen molar-refractivity contribution in [2.45, 2.75) is 33.1 Å². The number of pyridine rings is 1. The largest absolute Gasteiger partial charge is 0.361 e. The normalized spacial score (nSPS) is 16.4. The van der Waals surface area contributed by atoms with Crippen molar-refractivity contribution in [3.8, 4) is 11.3 Å². The highest BCUT2D eigenvalue weighted by atomic mass is 19.1. The van der Waals surface area contributed by atoms with E-state index in [9.17, 15) is 9.18 Å². The van der Waals surface area contributed by atoms with Crippen LogP contribution in [0.4, 0.5) is 4.39 Å². The summed E-state index contributed by atoms with van der Waals surface area (Å²) < 4.78 is 18.3. The predicted molar refractivity (Wildman–Crippen MR) is 108 cm³/mol. The number of halogens is 1. The summed E-state index contributed by atoms with van der Waals surface area (Å²) in [6.45, 7) is 5.30. The van der Waals surface area contributed by atoms with Crippen LogP contribution in [0.5, 0.6) is 0 Å². The molecule has 5 nitrogen and oxygen atoms in total. The zero-order valence-corrected chi connectivity index (χ0v) is 16.7. The van der Waals surface area contributed by atoms with Crippen LogP contribution in [-0.2, 0) is 17.6 Å². The van der Waals surface area contributed by atoms with E-state index in [1.165, 1.54) is 12.1 Å². The Kier molecular flexibility index (Phi) is 5.43. The first-order valence-corrected chi connectivity index (χ1v) is 9.91. The van der Waals surface area contributed by atoms with Gasteiger partial charge in [0.15, 0.2) is 0 Å². The van der Waals surface area contributed by atoms with Crippen molar-refractivity contribution >= 4 is 5.91 Å². The molecule has 2 aromatic heterocycles. The summed E-state index contributed by atoms with van der Waals surface area (Å²) in [6.07, 6.45) is 2.11. The Morgan fingerprint density at radius 2 is 2.00 bits per heavy atom. The second kappa shape index (κ2) is 8.15. The smallest absolute Gasteiger partial charge is 0.226 e. The van der Waals surface area contributed by atoms with E-state index in [0.29, 0.717) is 12.3 Å². The minimum absolute atomic E-state index is 0.0940. The molecule has 3 heterocycles. The summed E-state index contributed by atoms with van der Waals surface area (Å²) in [6, 6.07) is 12.2. The lowest BCUT2D eigenvalue weighted by Crippen LogP contribution is -2.30. The molecule has 0 aliphatic carbocycles. The van der Waals surface area contributed by atoms with E-state index in [4.69, 9.17) is 9.51 Å². The fourth-order valence-corrected chi connectivity index (χ4v) is 3.99. The summed E-state index contributed by atoms with van der Waals surface area (Å²) in [5, 5.41) is 4.01. The maximum atomic E-state index is 13.0. The Morgan fingerprint density at radius 1 is 1.21 bits per heavy atom. The Hall–Kier alpha value is -3.02. The molecule has 0 N–H and O–H groups in total. The van der Waals surface area contributed by atoms with Gasteiger partial charge in [-0.05, 0) is 62.4 Å². The molecule has 1 aliphatic heterocycles. The van der Waals surface area contributed by atoms with Crippen LogP contribution >= 0.6 is 0 Å². The molecule has 6 heteroatoms. The lowest BCUT2D eigenvalue weighted by molar-refractivity contribution is -0.129. The van der Waals surface area contributed by atoms with E-state index in [0.717, 1.165) is 59.9 Å². The number of hydrogen-bond acceptors (Lipinski definition) is 4. The average Bonchev–Trinajstić information content (AvgIpc) is 3.30. The third kappa shape index (κ3) is 4.36. The first kappa shape index (κ1) is 19.3. The van der Waals surface area contributed by atoms with Crippen LogP contribution in [0, 0.1) is 25.6 Å². The number of carbonyl (C=O) groups excluding carboxylic acids is 1. The number of hydrogen-bond donors (Lipinski definition) is 0. The van der Waals surface area contributed by atoms with Crippen LogP contribution in [0.2, 0.25) is 0 Å². The lowest BCUT2D eigenvalue weighted by atomic mass is 10.0. The average molecular weight is 393 g/mol. The van der Waals surface area contributed by atoms with Gasteiger partial charge in [0, 0.05) is 18.8 Å². The highest BCUT2D eigenvalue weighted by Gasteiger charge is 2.26. The van der Waals surface area contributed by atoms with Crippen LogP contribution in [0.3, 0.4) is 0 Å². The van der Waals surface area contributed by atoms with E-state index in [2.05, 4.69) is 5.16 Å². The molecule has 1 fully saturated rings. The Bertz CT molecular complexity index is 994. The van der Waals surface area contributed by atoms with Gasteiger partial charge in [0.25, 0.3) is 0 Å². The van der Waals surface area contributed by atoms with Crippen molar-refractivity contribution in [3.63, 3.8) is 0 Å². The molecule has 0 saturated carbocycles. The van der Waals surface area contributed by atoms with Crippen LogP contribution < -0.4 is 0 Å². The zero-order chi connectivity index (χ0) is 20.4. The number of carbonyl (C=O) groups is 1. The van der Waals surface area contributed by atoms with Crippen LogP contribution in [0.25, 0.3) is 11.3 Å². The standard InChI is InChI=1S/C23H24FN3O2/c1-15-23(16(2)29-26-15)21-5-3-4-20(25-21)12-18-10-11-27(14-18)22(28)13-17-6-8-19(24)9-7-17/h3-9,18H,10-14H2,1-2H3. The van der Waals surface area contributed by atoms with Gasteiger partial charge in [0.2, 0.25) is 5.91 Å². The molecule has 1 amide bonds. The van der Waals surface area contributed by atoms with Gasteiger partial charge in [0.05, 0.1) is 23.4 Å². The molecular weight excluding hydrogens is 369 g/mol. The first-order chi connectivity index (χ1) is 14.0. The molecule has 1 atom stereocenters. The highest BCUT2D eigenvalue weighted by molar-refractivity contribution is 5.79. The van der Waals surface area contributed by atoms with Crippen molar-refractivity contribution in [1.82, 2.24) is 15.0 Å². The highest BCUT2D eigenvalue weighted by Crippen LogP contribution is 2.27. The van der Waals surface area contributed by atoms with Gasteiger partial charge in [0.1, 0.15) is 11.6 Å². The van der Waals surface area contributed by atoms with E-state index in [-0.39, 0.29) is 11.7 Å². The fraction of sp³-hybridized carbons (Fsp3) is 0.348. The molecule has 1 saturated heterocycles. The van der Waals surface area contributed by atoms with Gasteiger partial charge in [-0.1, -0.05) is 23.4 Å². The third-order valence-electron chi connectivity index (χ3n) is 5.50. The minimum Gasteiger partial charge on any atom is -0.361 e. The van der Waals surface area contributed by atoms with Gasteiger partial charge in [-0.2, -0.15) is 0 Å². The van der Waals surface area contributed by atoms with E-state index in [1.54, 1.807) is 12.1 Å². The molecule has 4 rings (SSSR count). The SMILES string of the molecule is Cc1noc(C)c1-c1cccc(CC2CCN(C(=O)Cc3ccc(F)cc3)C2)n1. The van der Waals surface area contributed by atoms with Gasteiger partial charge in [-0.25, -0.2) is 4.39 Å². The van der Waals surface area contributed by atoms with E-state index >= 15 is 0 Å². The molecule has 1 aliphatic rings. The van der Waals surface area contributed by atoms with Crippen LogP contribution in [0.1, 0.15) is 29.1 Å². The van der Waals surface area contributed by atoms with Crippen molar-refractivity contribution in [1.29, 1.82) is 0 Å². The number of benzene rings is 1. The van der Waals surface area contributed by atoms with Crippen LogP contribution in [0.15, 0.2) is 47.0 Å².